The summed E-state index contributed by atoms with van der Waals surface area (Å²) in [4.78, 5) is 10.1. The molecule has 2 nitrogen and oxygen atoms in total. The molecule has 0 aliphatic carbocycles. The van der Waals surface area contributed by atoms with Gasteiger partial charge in [-0.05, 0) is 30.9 Å². The van der Waals surface area contributed by atoms with Crippen LogP contribution in [0.4, 0.5) is 0 Å². The molecule has 0 saturated carbocycles. The molecule has 0 spiro atoms. The van der Waals surface area contributed by atoms with Crippen LogP contribution in [0.15, 0.2) is 24.3 Å². The molecule has 1 rings (SSSR count). The van der Waals surface area contributed by atoms with E-state index in [1.165, 1.54) is 11.1 Å². The Morgan fingerprint density at radius 2 is 2.14 bits per heavy atom. The fourth-order valence-corrected chi connectivity index (χ4v) is 1.53. The third kappa shape index (κ3) is 3.14. The maximum Gasteiger partial charge on any atom is 0.317 e. The molecule has 0 saturated heterocycles. The molecule has 0 aromatic heterocycles. The summed E-state index contributed by atoms with van der Waals surface area (Å²) in [5, 5.41) is 8.68. The van der Waals surface area contributed by atoms with Gasteiger partial charge >= 0.3 is 5.97 Å². The number of aryl methyl sites for hydroxylation is 2. The van der Waals surface area contributed by atoms with Gasteiger partial charge in [-0.1, -0.05) is 40.2 Å². The van der Waals surface area contributed by atoms with E-state index in [2.05, 4.69) is 15.9 Å². The average Bonchev–Trinajstić information content (AvgIpc) is 2.16. The molecule has 0 aliphatic rings. The maximum absolute atomic E-state index is 10.6. The highest BCUT2D eigenvalue weighted by molar-refractivity contribution is 9.10. The molecule has 0 heterocycles. The van der Waals surface area contributed by atoms with E-state index in [9.17, 15) is 4.79 Å². The maximum atomic E-state index is 10.6. The number of carbonyl (C=O) groups is 1. The second-order valence-electron chi connectivity index (χ2n) is 3.27. The van der Waals surface area contributed by atoms with Crippen LogP contribution in [0.5, 0.6) is 0 Å². The Hall–Kier alpha value is -0.830. The highest BCUT2D eigenvalue weighted by atomic mass is 79.9. The van der Waals surface area contributed by atoms with Gasteiger partial charge in [-0.25, -0.2) is 0 Å². The molecule has 0 aliphatic heterocycles. The standard InChI is InChI=1S/C11H13BrO2/c1-8-4-2-3-5-9(8)6-7-10(12)11(13)14/h2-5,10H,6-7H2,1H3,(H,13,14). The monoisotopic (exact) mass is 256 g/mol. The SMILES string of the molecule is Cc1ccccc1CCC(Br)C(=O)O. The molecule has 0 amide bonds. The van der Waals surface area contributed by atoms with Gasteiger partial charge in [0.05, 0.1) is 0 Å². The number of benzene rings is 1. The van der Waals surface area contributed by atoms with E-state index in [0.29, 0.717) is 6.42 Å². The summed E-state index contributed by atoms with van der Waals surface area (Å²) in [6, 6.07) is 8.05. The van der Waals surface area contributed by atoms with Crippen molar-refractivity contribution in [2.24, 2.45) is 0 Å². The smallest absolute Gasteiger partial charge is 0.317 e. The zero-order valence-corrected chi connectivity index (χ0v) is 9.62. The van der Waals surface area contributed by atoms with Gasteiger partial charge in [0.2, 0.25) is 0 Å². The minimum atomic E-state index is -0.793. The van der Waals surface area contributed by atoms with Gasteiger partial charge in [0.25, 0.3) is 0 Å². The number of alkyl halides is 1. The first-order valence-corrected chi connectivity index (χ1v) is 5.44. The Morgan fingerprint density at radius 3 is 2.71 bits per heavy atom. The Bertz CT molecular complexity index is 323. The molecule has 0 radical (unpaired) electrons. The lowest BCUT2D eigenvalue weighted by Gasteiger charge is -2.06. The Kier molecular flexibility index (Phi) is 4.14. The third-order valence-corrected chi connectivity index (χ3v) is 3.05. The van der Waals surface area contributed by atoms with Crippen LogP contribution in [-0.4, -0.2) is 15.9 Å². The van der Waals surface area contributed by atoms with Gasteiger partial charge in [0.15, 0.2) is 0 Å². The number of rotatable bonds is 4. The van der Waals surface area contributed by atoms with Crippen LogP contribution in [0.1, 0.15) is 17.5 Å². The number of carboxylic acids is 1. The van der Waals surface area contributed by atoms with Crippen LogP contribution in [0.2, 0.25) is 0 Å². The first-order chi connectivity index (χ1) is 6.61. The first-order valence-electron chi connectivity index (χ1n) is 4.52. The van der Waals surface area contributed by atoms with Crippen molar-refractivity contribution < 1.29 is 9.90 Å². The fraction of sp³-hybridized carbons (Fsp3) is 0.364. The number of hydrogen-bond acceptors (Lipinski definition) is 1. The first kappa shape index (κ1) is 11.2. The summed E-state index contributed by atoms with van der Waals surface area (Å²) in [5.41, 5.74) is 2.44. The lowest BCUT2D eigenvalue weighted by atomic mass is 10.0. The van der Waals surface area contributed by atoms with Gasteiger partial charge in [-0.2, -0.15) is 0 Å². The van der Waals surface area contributed by atoms with Gasteiger partial charge in [-0.15, -0.1) is 0 Å². The molecular weight excluding hydrogens is 244 g/mol. The minimum absolute atomic E-state index is 0.442. The third-order valence-electron chi connectivity index (χ3n) is 2.20. The zero-order chi connectivity index (χ0) is 10.6. The molecule has 1 unspecified atom stereocenters. The number of hydrogen-bond donors (Lipinski definition) is 1. The van der Waals surface area contributed by atoms with E-state index >= 15 is 0 Å². The van der Waals surface area contributed by atoms with E-state index < -0.39 is 10.8 Å². The van der Waals surface area contributed by atoms with Crippen LogP contribution < -0.4 is 0 Å². The highest BCUT2D eigenvalue weighted by Crippen LogP contribution is 2.14. The Balaban J connectivity index is 2.54. The van der Waals surface area contributed by atoms with Crippen LogP contribution in [0.25, 0.3) is 0 Å². The molecule has 76 valence electrons. The van der Waals surface area contributed by atoms with Crippen molar-refractivity contribution in [3.8, 4) is 0 Å². The van der Waals surface area contributed by atoms with E-state index in [1.54, 1.807) is 0 Å². The van der Waals surface area contributed by atoms with E-state index in [-0.39, 0.29) is 0 Å². The average molecular weight is 257 g/mol. The predicted octanol–water partition coefficient (Wildman–Crippen LogP) is 2.78. The molecule has 1 N–H and O–H groups in total. The number of aliphatic carboxylic acids is 1. The lowest BCUT2D eigenvalue weighted by molar-refractivity contribution is -0.136. The van der Waals surface area contributed by atoms with Crippen molar-refractivity contribution in [3.63, 3.8) is 0 Å². The van der Waals surface area contributed by atoms with Crippen molar-refractivity contribution in [2.45, 2.75) is 24.6 Å². The van der Waals surface area contributed by atoms with Gasteiger partial charge in [0, 0.05) is 0 Å². The van der Waals surface area contributed by atoms with Gasteiger partial charge in [0.1, 0.15) is 4.83 Å². The van der Waals surface area contributed by atoms with Crippen LogP contribution in [0.3, 0.4) is 0 Å². The Morgan fingerprint density at radius 1 is 1.50 bits per heavy atom. The van der Waals surface area contributed by atoms with Crippen molar-refractivity contribution >= 4 is 21.9 Å². The fourth-order valence-electron chi connectivity index (χ4n) is 1.30. The van der Waals surface area contributed by atoms with E-state index in [1.807, 2.05) is 31.2 Å². The summed E-state index contributed by atoms with van der Waals surface area (Å²) in [6.07, 6.45) is 1.43. The summed E-state index contributed by atoms with van der Waals surface area (Å²) >= 11 is 3.12. The second kappa shape index (κ2) is 5.15. The molecule has 14 heavy (non-hydrogen) atoms. The quantitative estimate of drug-likeness (QED) is 0.842. The highest BCUT2D eigenvalue weighted by Gasteiger charge is 2.12. The van der Waals surface area contributed by atoms with Crippen LogP contribution in [0, 0.1) is 6.92 Å². The topological polar surface area (TPSA) is 37.3 Å². The molecule has 0 fully saturated rings. The molecule has 1 aromatic rings. The minimum Gasteiger partial charge on any atom is -0.480 e. The molecule has 0 bridgehead atoms. The van der Waals surface area contributed by atoms with E-state index in [4.69, 9.17) is 5.11 Å². The molecule has 1 aromatic carbocycles. The number of halogens is 1. The van der Waals surface area contributed by atoms with Crippen molar-refractivity contribution in [2.75, 3.05) is 0 Å². The summed E-state index contributed by atoms with van der Waals surface area (Å²) in [7, 11) is 0. The van der Waals surface area contributed by atoms with Crippen molar-refractivity contribution in [1.29, 1.82) is 0 Å². The van der Waals surface area contributed by atoms with E-state index in [0.717, 1.165) is 6.42 Å². The molecule has 1 atom stereocenters. The van der Waals surface area contributed by atoms with Crippen molar-refractivity contribution in [3.05, 3.63) is 35.4 Å². The van der Waals surface area contributed by atoms with Gasteiger partial charge in [-0.3, -0.25) is 4.79 Å². The van der Waals surface area contributed by atoms with Gasteiger partial charge < -0.3 is 5.11 Å². The second-order valence-corrected chi connectivity index (χ2v) is 4.38. The summed E-state index contributed by atoms with van der Waals surface area (Å²) < 4.78 is 0. The number of carboxylic acid groups (broad SMARTS) is 1. The molecule has 3 heteroatoms. The summed E-state index contributed by atoms with van der Waals surface area (Å²) in [5.74, 6) is -0.793. The largest absolute Gasteiger partial charge is 0.480 e. The Labute approximate surface area is 92.1 Å². The summed E-state index contributed by atoms with van der Waals surface area (Å²) in [6.45, 7) is 2.04. The van der Waals surface area contributed by atoms with Crippen molar-refractivity contribution in [1.82, 2.24) is 0 Å². The van der Waals surface area contributed by atoms with Crippen LogP contribution >= 0.6 is 15.9 Å². The zero-order valence-electron chi connectivity index (χ0n) is 8.03. The van der Waals surface area contributed by atoms with Crippen LogP contribution in [-0.2, 0) is 11.2 Å². The normalized spacial score (nSPS) is 12.4. The molecular formula is C11H13BrO2. The predicted molar refractivity (Wildman–Crippen MR) is 59.9 cm³/mol. The lowest BCUT2D eigenvalue weighted by Crippen LogP contribution is -2.13.